The number of nitrogens with zero attached hydrogens (tertiary/aromatic N) is 3. The van der Waals surface area contributed by atoms with Crippen LogP contribution < -0.4 is 5.43 Å². The minimum atomic E-state index is 0.390. The summed E-state index contributed by atoms with van der Waals surface area (Å²) in [5.74, 6) is 0. The first-order valence-electron chi connectivity index (χ1n) is 4.15. The molecule has 1 N–H and O–H groups in total. The maximum Gasteiger partial charge on any atom is 0.165 e. The van der Waals surface area contributed by atoms with Crippen LogP contribution in [0, 0.1) is 11.3 Å². The van der Waals surface area contributed by atoms with Crippen molar-refractivity contribution in [1.29, 1.82) is 5.26 Å². The lowest BCUT2D eigenvalue weighted by Crippen LogP contribution is -2.07. The van der Waals surface area contributed by atoms with E-state index >= 15 is 0 Å². The monoisotopic (exact) mass is 184 g/mol. The largest absolute Gasteiger partial charge is 0.292 e. The van der Waals surface area contributed by atoms with Crippen LogP contribution in [0.3, 0.4) is 0 Å². The highest BCUT2D eigenvalue weighted by atomic mass is 15.4. The molecule has 0 aliphatic heterocycles. The second kappa shape index (κ2) is 3.62. The SMILES string of the molecule is N#Cc1ncccc1Nn1cccc1. The van der Waals surface area contributed by atoms with Crippen molar-refractivity contribution < 1.29 is 0 Å². The molecule has 0 atom stereocenters. The summed E-state index contributed by atoms with van der Waals surface area (Å²) in [5, 5.41) is 8.79. The molecule has 0 fully saturated rings. The first-order chi connectivity index (χ1) is 6.90. The molecular weight excluding hydrogens is 176 g/mol. The highest BCUT2D eigenvalue weighted by Crippen LogP contribution is 2.10. The van der Waals surface area contributed by atoms with Crippen LogP contribution in [0.2, 0.25) is 0 Å². The molecule has 4 nitrogen and oxygen atoms in total. The summed E-state index contributed by atoms with van der Waals surface area (Å²) in [6, 6.07) is 9.41. The molecule has 2 aromatic heterocycles. The molecule has 0 unspecified atom stereocenters. The summed E-state index contributed by atoms with van der Waals surface area (Å²) >= 11 is 0. The summed E-state index contributed by atoms with van der Waals surface area (Å²) in [5.41, 5.74) is 4.13. The molecular formula is C10H8N4. The smallest absolute Gasteiger partial charge is 0.165 e. The number of nitrogens with one attached hydrogen (secondary N) is 1. The Labute approximate surface area is 81.4 Å². The topological polar surface area (TPSA) is 53.6 Å². The van der Waals surface area contributed by atoms with E-state index in [4.69, 9.17) is 5.26 Å². The standard InChI is InChI=1S/C10H8N4/c11-8-10-9(4-3-5-12-10)13-14-6-1-2-7-14/h1-7,13H. The van der Waals surface area contributed by atoms with Gasteiger partial charge in [0.2, 0.25) is 0 Å². The molecule has 68 valence electrons. The van der Waals surface area contributed by atoms with Gasteiger partial charge in [-0.15, -0.1) is 0 Å². The van der Waals surface area contributed by atoms with Crippen LogP contribution in [-0.4, -0.2) is 9.66 Å². The fourth-order valence-corrected chi connectivity index (χ4v) is 1.13. The fourth-order valence-electron chi connectivity index (χ4n) is 1.13. The Bertz CT molecular complexity index is 453. The Morgan fingerprint density at radius 2 is 2.07 bits per heavy atom. The van der Waals surface area contributed by atoms with Crippen LogP contribution >= 0.6 is 0 Å². The van der Waals surface area contributed by atoms with Gasteiger partial charge >= 0.3 is 0 Å². The highest BCUT2D eigenvalue weighted by molar-refractivity contribution is 5.52. The molecule has 2 aromatic rings. The number of hydrogen-bond donors (Lipinski definition) is 1. The number of hydrogen-bond acceptors (Lipinski definition) is 3. The molecule has 0 amide bonds. The van der Waals surface area contributed by atoms with Gasteiger partial charge in [-0.2, -0.15) is 5.26 Å². The predicted octanol–water partition coefficient (Wildman–Crippen LogP) is 1.63. The lowest BCUT2D eigenvalue weighted by atomic mass is 10.3. The summed E-state index contributed by atoms with van der Waals surface area (Å²) < 4.78 is 1.76. The number of nitriles is 1. The molecule has 2 heterocycles. The number of rotatable bonds is 2. The van der Waals surface area contributed by atoms with Gasteiger partial charge in [-0.05, 0) is 24.3 Å². The lowest BCUT2D eigenvalue weighted by Gasteiger charge is -2.07. The molecule has 0 saturated heterocycles. The highest BCUT2D eigenvalue weighted by Gasteiger charge is 2.00. The number of anilines is 1. The fraction of sp³-hybridized carbons (Fsp3) is 0. The van der Waals surface area contributed by atoms with Crippen molar-refractivity contribution in [2.45, 2.75) is 0 Å². The Morgan fingerprint density at radius 1 is 1.29 bits per heavy atom. The summed E-state index contributed by atoms with van der Waals surface area (Å²) in [6.45, 7) is 0. The van der Waals surface area contributed by atoms with E-state index in [1.165, 1.54) is 0 Å². The van der Waals surface area contributed by atoms with Crippen LogP contribution in [-0.2, 0) is 0 Å². The van der Waals surface area contributed by atoms with Crippen molar-refractivity contribution in [2.24, 2.45) is 0 Å². The van der Waals surface area contributed by atoms with Gasteiger partial charge in [-0.25, -0.2) is 4.98 Å². The minimum Gasteiger partial charge on any atom is -0.292 e. The van der Waals surface area contributed by atoms with Crippen LogP contribution in [0.5, 0.6) is 0 Å². The molecule has 0 bridgehead atoms. The van der Waals surface area contributed by atoms with Gasteiger partial charge < -0.3 is 0 Å². The minimum absolute atomic E-state index is 0.390. The van der Waals surface area contributed by atoms with Crippen molar-refractivity contribution in [1.82, 2.24) is 9.66 Å². The average Bonchev–Trinajstić information content (AvgIpc) is 2.71. The van der Waals surface area contributed by atoms with Crippen molar-refractivity contribution in [3.8, 4) is 6.07 Å². The summed E-state index contributed by atoms with van der Waals surface area (Å²) in [4.78, 5) is 3.94. The van der Waals surface area contributed by atoms with Gasteiger partial charge in [0.25, 0.3) is 0 Å². The first kappa shape index (κ1) is 8.32. The zero-order valence-corrected chi connectivity index (χ0v) is 7.38. The normalized spacial score (nSPS) is 9.36. The average molecular weight is 184 g/mol. The van der Waals surface area contributed by atoms with Crippen LogP contribution in [0.15, 0.2) is 42.9 Å². The van der Waals surface area contributed by atoms with Gasteiger partial charge in [0, 0.05) is 18.6 Å². The van der Waals surface area contributed by atoms with Crippen LogP contribution in [0.1, 0.15) is 5.69 Å². The summed E-state index contributed by atoms with van der Waals surface area (Å²) in [6.07, 6.45) is 5.31. The molecule has 14 heavy (non-hydrogen) atoms. The van der Waals surface area contributed by atoms with Crippen LogP contribution in [0.25, 0.3) is 0 Å². The maximum absolute atomic E-state index is 8.79. The number of aromatic nitrogens is 2. The third kappa shape index (κ3) is 1.57. The third-order valence-electron chi connectivity index (χ3n) is 1.77. The Morgan fingerprint density at radius 3 is 2.79 bits per heavy atom. The molecule has 2 rings (SSSR count). The van der Waals surface area contributed by atoms with Crippen molar-refractivity contribution in [3.63, 3.8) is 0 Å². The number of pyridine rings is 1. The van der Waals surface area contributed by atoms with E-state index in [1.54, 1.807) is 16.9 Å². The molecule has 4 heteroatoms. The quantitative estimate of drug-likeness (QED) is 0.771. The van der Waals surface area contributed by atoms with E-state index in [0.29, 0.717) is 11.4 Å². The Kier molecular flexibility index (Phi) is 2.15. The molecule has 0 aliphatic rings. The lowest BCUT2D eigenvalue weighted by molar-refractivity contribution is 0.964. The van der Waals surface area contributed by atoms with Gasteiger partial charge in [0.1, 0.15) is 6.07 Å². The van der Waals surface area contributed by atoms with E-state index in [0.717, 1.165) is 0 Å². The molecule has 0 radical (unpaired) electrons. The molecule has 0 spiro atoms. The Hall–Kier alpha value is -2.28. The van der Waals surface area contributed by atoms with Crippen LogP contribution in [0.4, 0.5) is 5.69 Å². The second-order valence-electron chi connectivity index (χ2n) is 2.71. The summed E-state index contributed by atoms with van der Waals surface area (Å²) in [7, 11) is 0. The van der Waals surface area contributed by atoms with Gasteiger partial charge in [-0.1, -0.05) is 0 Å². The van der Waals surface area contributed by atoms with E-state index in [9.17, 15) is 0 Å². The third-order valence-corrected chi connectivity index (χ3v) is 1.77. The van der Waals surface area contributed by atoms with Crippen molar-refractivity contribution >= 4 is 5.69 Å². The molecule has 0 saturated carbocycles. The maximum atomic E-state index is 8.79. The first-order valence-corrected chi connectivity index (χ1v) is 4.15. The van der Waals surface area contributed by atoms with Gasteiger partial charge in [0.15, 0.2) is 5.69 Å². The van der Waals surface area contributed by atoms with Gasteiger partial charge in [0.05, 0.1) is 5.69 Å². The van der Waals surface area contributed by atoms with E-state index in [-0.39, 0.29) is 0 Å². The Balaban J connectivity index is 2.30. The second-order valence-corrected chi connectivity index (χ2v) is 2.71. The zero-order valence-electron chi connectivity index (χ0n) is 7.38. The van der Waals surface area contributed by atoms with E-state index in [1.807, 2.05) is 36.7 Å². The predicted molar refractivity (Wildman–Crippen MR) is 52.4 cm³/mol. The van der Waals surface area contributed by atoms with Crippen molar-refractivity contribution in [3.05, 3.63) is 48.5 Å². The molecule has 0 aromatic carbocycles. The van der Waals surface area contributed by atoms with Gasteiger partial charge in [-0.3, -0.25) is 10.1 Å². The van der Waals surface area contributed by atoms with Crippen molar-refractivity contribution in [2.75, 3.05) is 5.43 Å². The van der Waals surface area contributed by atoms with E-state index < -0.39 is 0 Å². The zero-order chi connectivity index (χ0) is 9.80. The molecule has 0 aliphatic carbocycles. The van der Waals surface area contributed by atoms with E-state index in [2.05, 4.69) is 10.4 Å².